The Morgan fingerprint density at radius 2 is 1.84 bits per heavy atom. The normalized spacial score (nSPS) is 24.5. The van der Waals surface area contributed by atoms with E-state index in [2.05, 4.69) is 4.98 Å². The summed E-state index contributed by atoms with van der Waals surface area (Å²) in [6.45, 7) is 7.79. The second-order valence-corrected chi connectivity index (χ2v) is 10.2. The molecular weight excluding hydrogens is 406 g/mol. The van der Waals surface area contributed by atoms with E-state index in [1.165, 1.54) is 0 Å². The number of aromatic nitrogens is 1. The fourth-order valence-corrected chi connectivity index (χ4v) is 5.29. The Labute approximate surface area is 191 Å². The molecular formula is C25H37N3O4. The van der Waals surface area contributed by atoms with Gasteiger partial charge < -0.3 is 14.5 Å². The van der Waals surface area contributed by atoms with E-state index in [0.717, 1.165) is 32.1 Å². The monoisotopic (exact) mass is 443 g/mol. The molecule has 1 saturated heterocycles. The van der Waals surface area contributed by atoms with Crippen LogP contribution in [0, 0.1) is 17.3 Å². The number of ketones is 1. The fourth-order valence-electron chi connectivity index (χ4n) is 5.29. The predicted molar refractivity (Wildman–Crippen MR) is 123 cm³/mol. The topological polar surface area (TPSA) is 79.8 Å². The lowest BCUT2D eigenvalue weighted by Gasteiger charge is -2.36. The van der Waals surface area contributed by atoms with Gasteiger partial charge in [-0.3, -0.25) is 9.59 Å². The summed E-state index contributed by atoms with van der Waals surface area (Å²) < 4.78 is 5.42. The minimum Gasteiger partial charge on any atom is -0.464 e. The molecule has 0 bridgehead atoms. The van der Waals surface area contributed by atoms with Crippen molar-refractivity contribution in [3.63, 3.8) is 0 Å². The highest BCUT2D eigenvalue weighted by molar-refractivity contribution is 6.03. The number of likely N-dealkylation sites (tertiary alicyclic amines) is 1. The van der Waals surface area contributed by atoms with E-state index >= 15 is 0 Å². The van der Waals surface area contributed by atoms with Gasteiger partial charge in [-0.15, -0.1) is 0 Å². The molecule has 2 aliphatic rings. The number of carbonyl (C=O) groups is 3. The van der Waals surface area contributed by atoms with Crippen LogP contribution >= 0.6 is 0 Å². The maximum absolute atomic E-state index is 14.0. The first-order chi connectivity index (χ1) is 15.1. The summed E-state index contributed by atoms with van der Waals surface area (Å²) in [7, 11) is 3.73. The number of pyridine rings is 1. The molecule has 2 fully saturated rings. The lowest BCUT2D eigenvalue weighted by Crippen LogP contribution is -2.49. The van der Waals surface area contributed by atoms with Crippen molar-refractivity contribution in [2.24, 2.45) is 17.3 Å². The van der Waals surface area contributed by atoms with Crippen molar-refractivity contribution in [1.82, 2.24) is 9.88 Å². The first-order valence-electron chi connectivity index (χ1n) is 11.7. The summed E-state index contributed by atoms with van der Waals surface area (Å²) in [5, 5.41) is 0. The molecule has 0 aromatic carbocycles. The van der Waals surface area contributed by atoms with Gasteiger partial charge in [0.1, 0.15) is 17.9 Å². The van der Waals surface area contributed by atoms with Crippen molar-refractivity contribution in [3.8, 4) is 0 Å². The number of hydrogen-bond acceptors (Lipinski definition) is 6. The summed E-state index contributed by atoms with van der Waals surface area (Å²) in [6.07, 6.45) is 6.36. The zero-order valence-electron chi connectivity index (χ0n) is 20.3. The number of Topliss-reactive ketones (excluding diaryl/α,β-unsaturated/α-hetero) is 1. The Morgan fingerprint density at radius 1 is 1.19 bits per heavy atom. The molecule has 1 aromatic heterocycles. The second-order valence-electron chi connectivity index (χ2n) is 10.2. The van der Waals surface area contributed by atoms with Gasteiger partial charge in [-0.1, -0.05) is 46.1 Å². The van der Waals surface area contributed by atoms with Crippen LogP contribution in [0.5, 0.6) is 0 Å². The molecule has 1 aromatic rings. The van der Waals surface area contributed by atoms with Crippen molar-refractivity contribution in [1.29, 1.82) is 0 Å². The largest absolute Gasteiger partial charge is 0.464 e. The fraction of sp³-hybridized carbons (Fsp3) is 0.680. The van der Waals surface area contributed by atoms with E-state index in [1.54, 1.807) is 24.1 Å². The van der Waals surface area contributed by atoms with E-state index in [1.807, 2.05) is 45.8 Å². The maximum atomic E-state index is 14.0. The third kappa shape index (κ3) is 4.52. The molecule has 176 valence electrons. The molecule has 3 atom stereocenters. The Balaban J connectivity index is 2.19. The van der Waals surface area contributed by atoms with Crippen LogP contribution < -0.4 is 4.90 Å². The van der Waals surface area contributed by atoms with Crippen LogP contribution in [0.3, 0.4) is 0 Å². The highest BCUT2D eigenvalue weighted by Crippen LogP contribution is 2.48. The molecule has 7 nitrogen and oxygen atoms in total. The summed E-state index contributed by atoms with van der Waals surface area (Å²) in [5.41, 5.74) is 0.141. The molecule has 0 radical (unpaired) electrons. The molecule has 1 saturated carbocycles. The van der Waals surface area contributed by atoms with E-state index in [4.69, 9.17) is 4.74 Å². The standard InChI is InChI=1S/C25H37N3O4/c1-7-32-24(31)20-18(25(2,3)4)21(29)19(17-14-11-15-26-22(17)27(5)6)28(20)23(30)16-12-9-8-10-13-16/h11,14-16,18-20H,7-10,12-13H2,1-6H3/t18-,19+,20+/m0/s1. The number of hydrogen-bond donors (Lipinski definition) is 0. The molecule has 32 heavy (non-hydrogen) atoms. The highest BCUT2D eigenvalue weighted by atomic mass is 16.5. The number of nitrogens with zero attached hydrogens (tertiary/aromatic N) is 3. The van der Waals surface area contributed by atoms with E-state index < -0.39 is 29.4 Å². The van der Waals surface area contributed by atoms with Crippen molar-refractivity contribution in [2.75, 3.05) is 25.6 Å². The van der Waals surface area contributed by atoms with Gasteiger partial charge in [-0.2, -0.15) is 0 Å². The number of ether oxygens (including phenoxy) is 1. The van der Waals surface area contributed by atoms with Crippen LogP contribution in [0.15, 0.2) is 18.3 Å². The lowest BCUT2D eigenvalue weighted by atomic mass is 9.74. The molecule has 0 N–H and O–H groups in total. The SMILES string of the molecule is CCOC(=O)[C@H]1[C@H](C(C)(C)C)C(=O)[C@@H](c2cccnc2N(C)C)N1C(=O)C1CCCCC1. The minimum absolute atomic E-state index is 0.110. The van der Waals surface area contributed by atoms with Crippen LogP contribution in [-0.4, -0.2) is 54.3 Å². The first-order valence-corrected chi connectivity index (χ1v) is 11.7. The van der Waals surface area contributed by atoms with Gasteiger partial charge in [-0.05, 0) is 31.2 Å². The molecule has 7 heteroatoms. The van der Waals surface area contributed by atoms with Crippen LogP contribution in [0.25, 0.3) is 0 Å². The van der Waals surface area contributed by atoms with E-state index in [0.29, 0.717) is 11.4 Å². The first kappa shape index (κ1) is 24.2. The van der Waals surface area contributed by atoms with E-state index in [-0.39, 0.29) is 24.2 Å². The van der Waals surface area contributed by atoms with E-state index in [9.17, 15) is 14.4 Å². The number of anilines is 1. The van der Waals surface area contributed by atoms with Crippen LogP contribution in [-0.2, 0) is 19.1 Å². The average molecular weight is 444 g/mol. The average Bonchev–Trinajstić information content (AvgIpc) is 3.07. The lowest BCUT2D eigenvalue weighted by molar-refractivity contribution is -0.158. The van der Waals surface area contributed by atoms with Gasteiger partial charge in [0, 0.05) is 31.8 Å². The molecule has 0 unspecified atom stereocenters. The summed E-state index contributed by atoms with van der Waals surface area (Å²) in [4.78, 5) is 49.1. The summed E-state index contributed by atoms with van der Waals surface area (Å²) >= 11 is 0. The number of rotatable bonds is 5. The second kappa shape index (κ2) is 9.59. The Bertz CT molecular complexity index is 855. The van der Waals surface area contributed by atoms with Crippen LogP contribution in [0.4, 0.5) is 5.82 Å². The quantitative estimate of drug-likeness (QED) is 0.645. The molecule has 3 rings (SSSR count). The van der Waals surface area contributed by atoms with Crippen molar-refractivity contribution < 1.29 is 19.1 Å². The third-order valence-electron chi connectivity index (χ3n) is 6.67. The minimum atomic E-state index is -0.933. The van der Waals surface area contributed by atoms with Crippen LogP contribution in [0.2, 0.25) is 0 Å². The Hall–Kier alpha value is -2.44. The van der Waals surface area contributed by atoms with Gasteiger partial charge in [0.05, 0.1) is 12.5 Å². The molecule has 0 spiro atoms. The number of esters is 1. The third-order valence-corrected chi connectivity index (χ3v) is 6.67. The molecule has 1 aliphatic carbocycles. The van der Waals surface area contributed by atoms with Crippen LogP contribution in [0.1, 0.15) is 71.4 Å². The van der Waals surface area contributed by atoms with Gasteiger partial charge in [0.15, 0.2) is 5.78 Å². The molecule has 2 heterocycles. The van der Waals surface area contributed by atoms with Gasteiger partial charge in [0.25, 0.3) is 0 Å². The molecule has 1 amide bonds. The zero-order chi connectivity index (χ0) is 23.6. The Morgan fingerprint density at radius 3 is 2.41 bits per heavy atom. The Kier molecular flexibility index (Phi) is 7.25. The number of amides is 1. The summed E-state index contributed by atoms with van der Waals surface area (Å²) in [6, 6.07) is 1.84. The maximum Gasteiger partial charge on any atom is 0.329 e. The van der Waals surface area contributed by atoms with Gasteiger partial charge in [0.2, 0.25) is 5.91 Å². The van der Waals surface area contributed by atoms with Crippen molar-refractivity contribution in [2.45, 2.75) is 71.9 Å². The predicted octanol–water partition coefficient (Wildman–Crippen LogP) is 3.77. The summed E-state index contributed by atoms with van der Waals surface area (Å²) in [5.74, 6) is -0.923. The van der Waals surface area contributed by atoms with Crippen molar-refractivity contribution >= 4 is 23.5 Å². The van der Waals surface area contributed by atoms with Crippen molar-refractivity contribution in [3.05, 3.63) is 23.9 Å². The highest BCUT2D eigenvalue weighted by Gasteiger charge is 2.59. The zero-order valence-corrected chi connectivity index (χ0v) is 20.3. The molecule has 1 aliphatic heterocycles. The number of carbonyl (C=O) groups excluding carboxylic acids is 3. The smallest absolute Gasteiger partial charge is 0.329 e. The van der Waals surface area contributed by atoms with Gasteiger partial charge in [-0.25, -0.2) is 9.78 Å². The van der Waals surface area contributed by atoms with Gasteiger partial charge >= 0.3 is 5.97 Å².